The minimum Gasteiger partial charge on any atom is -0.465 e. The number of likely N-dealkylation sites (N-methyl/N-ethyl adjacent to an activating group) is 1. The van der Waals surface area contributed by atoms with Gasteiger partial charge in [-0.3, -0.25) is 0 Å². The number of hydrogen-bond donors (Lipinski definition) is 2. The quantitative estimate of drug-likeness (QED) is 0.728. The molecule has 0 saturated heterocycles. The Morgan fingerprint density at radius 2 is 2.00 bits per heavy atom. The van der Waals surface area contributed by atoms with Crippen LogP contribution >= 0.6 is 0 Å². The van der Waals surface area contributed by atoms with Crippen molar-refractivity contribution in [3.05, 3.63) is 17.6 Å². The average molecular weight is 246 g/mol. The minimum atomic E-state index is -3.43. The molecule has 0 bridgehead atoms. The highest BCUT2D eigenvalue weighted by atomic mass is 32.2. The van der Waals surface area contributed by atoms with Gasteiger partial charge in [0.2, 0.25) is 10.0 Å². The highest BCUT2D eigenvalue weighted by molar-refractivity contribution is 7.89. The number of rotatable bonds is 6. The molecule has 16 heavy (non-hydrogen) atoms. The summed E-state index contributed by atoms with van der Waals surface area (Å²) in [7, 11) is -3.43. The van der Waals surface area contributed by atoms with Crippen LogP contribution in [-0.2, 0) is 10.0 Å². The summed E-state index contributed by atoms with van der Waals surface area (Å²) in [5.41, 5.74) is 0. The molecule has 1 rings (SSSR count). The lowest BCUT2D eigenvalue weighted by molar-refractivity contribution is 0.495. The number of aryl methyl sites for hydroxylation is 2. The van der Waals surface area contributed by atoms with Crippen molar-refractivity contribution in [1.82, 2.24) is 10.0 Å². The molecule has 1 heterocycles. The molecular weight excluding hydrogens is 228 g/mol. The van der Waals surface area contributed by atoms with Gasteiger partial charge < -0.3 is 9.73 Å². The minimum absolute atomic E-state index is 0.224. The van der Waals surface area contributed by atoms with E-state index in [-0.39, 0.29) is 4.90 Å². The lowest BCUT2D eigenvalue weighted by Gasteiger charge is -2.05. The maximum Gasteiger partial charge on any atom is 0.244 e. The molecule has 1 aromatic rings. The maximum absolute atomic E-state index is 11.8. The molecule has 0 atom stereocenters. The molecule has 6 heteroatoms. The molecule has 0 aliphatic rings. The zero-order valence-electron chi connectivity index (χ0n) is 9.83. The van der Waals surface area contributed by atoms with Gasteiger partial charge in [0.05, 0.1) is 0 Å². The zero-order valence-corrected chi connectivity index (χ0v) is 10.6. The first-order chi connectivity index (χ1) is 7.47. The predicted molar refractivity (Wildman–Crippen MR) is 61.9 cm³/mol. The van der Waals surface area contributed by atoms with Gasteiger partial charge in [-0.2, -0.15) is 0 Å². The number of hydrogen-bond acceptors (Lipinski definition) is 4. The normalized spacial score (nSPS) is 11.9. The van der Waals surface area contributed by atoms with Gasteiger partial charge in [-0.15, -0.1) is 0 Å². The summed E-state index contributed by atoms with van der Waals surface area (Å²) in [5.74, 6) is 1.03. The standard InChI is InChI=1S/C10H18N2O3S/c1-4-11-5-6-12-16(13,14)10-7-8(2)15-9(10)3/h7,11-12H,4-6H2,1-3H3. The zero-order chi connectivity index (χ0) is 12.2. The van der Waals surface area contributed by atoms with E-state index in [1.165, 1.54) is 6.07 Å². The summed E-state index contributed by atoms with van der Waals surface area (Å²) < 4.78 is 31.4. The van der Waals surface area contributed by atoms with E-state index in [1.54, 1.807) is 13.8 Å². The van der Waals surface area contributed by atoms with Crippen LogP contribution in [0.4, 0.5) is 0 Å². The van der Waals surface area contributed by atoms with Gasteiger partial charge in [-0.25, -0.2) is 13.1 Å². The predicted octanol–water partition coefficient (Wildman–Crippen LogP) is 0.784. The highest BCUT2D eigenvalue weighted by Crippen LogP contribution is 2.18. The third-order valence-corrected chi connectivity index (χ3v) is 3.70. The fourth-order valence-corrected chi connectivity index (χ4v) is 2.67. The van der Waals surface area contributed by atoms with Crippen LogP contribution < -0.4 is 10.0 Å². The molecule has 0 aliphatic carbocycles. The van der Waals surface area contributed by atoms with E-state index in [0.29, 0.717) is 24.6 Å². The summed E-state index contributed by atoms with van der Waals surface area (Å²) in [5, 5.41) is 3.04. The maximum atomic E-state index is 11.8. The van der Waals surface area contributed by atoms with Gasteiger partial charge in [0.15, 0.2) is 0 Å². The van der Waals surface area contributed by atoms with Crippen molar-refractivity contribution in [2.45, 2.75) is 25.7 Å². The van der Waals surface area contributed by atoms with Crippen LogP contribution in [-0.4, -0.2) is 28.1 Å². The lowest BCUT2D eigenvalue weighted by atomic mass is 10.4. The molecule has 0 aliphatic heterocycles. The monoisotopic (exact) mass is 246 g/mol. The summed E-state index contributed by atoms with van der Waals surface area (Å²) in [6.07, 6.45) is 0. The van der Waals surface area contributed by atoms with Crippen molar-refractivity contribution < 1.29 is 12.8 Å². The van der Waals surface area contributed by atoms with Crippen molar-refractivity contribution in [2.75, 3.05) is 19.6 Å². The summed E-state index contributed by atoms with van der Waals surface area (Å²) in [4.78, 5) is 0.224. The van der Waals surface area contributed by atoms with Crippen molar-refractivity contribution in [1.29, 1.82) is 0 Å². The van der Waals surface area contributed by atoms with Crippen molar-refractivity contribution in [3.8, 4) is 0 Å². The first-order valence-electron chi connectivity index (χ1n) is 5.24. The van der Waals surface area contributed by atoms with Gasteiger partial charge in [-0.05, 0) is 26.5 Å². The van der Waals surface area contributed by atoms with Crippen molar-refractivity contribution >= 4 is 10.0 Å². The fraction of sp³-hybridized carbons (Fsp3) is 0.600. The second-order valence-electron chi connectivity index (χ2n) is 3.53. The number of nitrogens with one attached hydrogen (secondary N) is 2. The Kier molecular flexibility index (Phi) is 4.52. The first-order valence-corrected chi connectivity index (χ1v) is 6.73. The number of sulfonamides is 1. The third kappa shape index (κ3) is 3.33. The van der Waals surface area contributed by atoms with E-state index in [2.05, 4.69) is 10.0 Å². The van der Waals surface area contributed by atoms with E-state index < -0.39 is 10.0 Å². The van der Waals surface area contributed by atoms with Crippen LogP contribution in [0.2, 0.25) is 0 Å². The van der Waals surface area contributed by atoms with Crippen molar-refractivity contribution in [3.63, 3.8) is 0 Å². The molecule has 92 valence electrons. The highest BCUT2D eigenvalue weighted by Gasteiger charge is 2.19. The average Bonchev–Trinajstić information content (AvgIpc) is 2.53. The topological polar surface area (TPSA) is 71.3 Å². The smallest absolute Gasteiger partial charge is 0.244 e. The van der Waals surface area contributed by atoms with Crippen LogP contribution in [0, 0.1) is 13.8 Å². The van der Waals surface area contributed by atoms with E-state index in [1.807, 2.05) is 6.92 Å². The second kappa shape index (κ2) is 5.47. The molecule has 0 fully saturated rings. The van der Waals surface area contributed by atoms with Crippen molar-refractivity contribution in [2.24, 2.45) is 0 Å². The molecule has 2 N–H and O–H groups in total. The third-order valence-electron chi connectivity index (χ3n) is 2.13. The van der Waals surface area contributed by atoms with E-state index in [0.717, 1.165) is 6.54 Å². The Bertz CT molecular complexity index is 437. The second-order valence-corrected chi connectivity index (χ2v) is 5.26. The Morgan fingerprint density at radius 1 is 1.31 bits per heavy atom. The molecule has 0 amide bonds. The largest absolute Gasteiger partial charge is 0.465 e. The van der Waals surface area contributed by atoms with Crippen LogP contribution in [0.1, 0.15) is 18.4 Å². The van der Waals surface area contributed by atoms with Gasteiger partial charge in [0, 0.05) is 13.1 Å². The SMILES string of the molecule is CCNCCNS(=O)(=O)c1cc(C)oc1C. The van der Waals surface area contributed by atoms with Crippen LogP contribution in [0.5, 0.6) is 0 Å². The van der Waals surface area contributed by atoms with Gasteiger partial charge in [0.1, 0.15) is 16.4 Å². The summed E-state index contributed by atoms with van der Waals surface area (Å²) >= 11 is 0. The summed E-state index contributed by atoms with van der Waals surface area (Å²) in [6.45, 7) is 7.16. The lowest BCUT2D eigenvalue weighted by Crippen LogP contribution is -2.31. The van der Waals surface area contributed by atoms with E-state index in [4.69, 9.17) is 4.42 Å². The van der Waals surface area contributed by atoms with Gasteiger partial charge in [-0.1, -0.05) is 6.92 Å². The molecule has 1 aromatic heterocycles. The Morgan fingerprint density at radius 3 is 2.50 bits per heavy atom. The van der Waals surface area contributed by atoms with Crippen LogP contribution in [0.3, 0.4) is 0 Å². The molecule has 0 unspecified atom stereocenters. The summed E-state index contributed by atoms with van der Waals surface area (Å²) in [6, 6.07) is 1.53. The molecule has 0 saturated carbocycles. The Labute approximate surface area is 96.3 Å². The molecule has 0 spiro atoms. The Hall–Kier alpha value is -0.850. The van der Waals surface area contributed by atoms with Crippen LogP contribution in [0.15, 0.2) is 15.4 Å². The molecule has 5 nitrogen and oxygen atoms in total. The van der Waals surface area contributed by atoms with Gasteiger partial charge >= 0.3 is 0 Å². The number of furan rings is 1. The Balaban J connectivity index is 2.67. The van der Waals surface area contributed by atoms with Gasteiger partial charge in [0.25, 0.3) is 0 Å². The fourth-order valence-electron chi connectivity index (χ4n) is 1.40. The van der Waals surface area contributed by atoms with E-state index >= 15 is 0 Å². The first kappa shape index (κ1) is 13.2. The molecular formula is C10H18N2O3S. The van der Waals surface area contributed by atoms with E-state index in [9.17, 15) is 8.42 Å². The molecule has 0 aromatic carbocycles. The van der Waals surface area contributed by atoms with Crippen LogP contribution in [0.25, 0.3) is 0 Å². The molecule has 0 radical (unpaired) electrons.